The Morgan fingerprint density at radius 3 is 2.34 bits per heavy atom. The van der Waals surface area contributed by atoms with Gasteiger partial charge >= 0.3 is 6.03 Å². The molecule has 0 aliphatic carbocycles. The number of carbonyl (C=O) groups is 3. The third-order valence-corrected chi connectivity index (χ3v) is 5.87. The van der Waals surface area contributed by atoms with Crippen LogP contribution in [0.3, 0.4) is 0 Å². The molecule has 0 saturated heterocycles. The molecule has 0 aromatic heterocycles. The number of nitrogens with zero attached hydrogens (tertiary/aromatic N) is 2. The van der Waals surface area contributed by atoms with E-state index in [0.29, 0.717) is 17.9 Å². The van der Waals surface area contributed by atoms with Crippen LogP contribution in [0, 0.1) is 6.92 Å². The molecular formula is C27H33N5O3. The molecule has 3 N–H and O–H groups in total. The number of hydrogen-bond acceptors (Lipinski definition) is 4. The SMILES string of the molecule is CNCC(=O)NC(C)CN(C(=O)NC)c1ccccc1N(C=O)Cc1c(C)ccc2ccccc12. The molecule has 0 saturated carbocycles. The van der Waals surface area contributed by atoms with Gasteiger partial charge in [0.15, 0.2) is 0 Å². The molecule has 0 aliphatic heterocycles. The van der Waals surface area contributed by atoms with Gasteiger partial charge in [-0.15, -0.1) is 0 Å². The first-order chi connectivity index (χ1) is 16.9. The monoisotopic (exact) mass is 475 g/mol. The third-order valence-electron chi connectivity index (χ3n) is 5.87. The standard InChI is InChI=1S/C27H33N5O3/c1-19-13-14-21-9-5-6-10-22(21)23(19)17-31(18-33)24-11-7-8-12-25(24)32(27(35)29-4)16-20(2)30-26(34)15-28-3/h5-14,18,20,28H,15-17H2,1-4H3,(H,29,35)(H,30,34). The van der Waals surface area contributed by atoms with Crippen molar-refractivity contribution in [2.45, 2.75) is 26.4 Å². The lowest BCUT2D eigenvalue weighted by molar-refractivity contribution is -0.120. The highest BCUT2D eigenvalue weighted by Crippen LogP contribution is 2.32. The Bertz CT molecular complexity index is 1200. The van der Waals surface area contributed by atoms with E-state index in [-0.39, 0.29) is 31.1 Å². The number of aryl methyl sites for hydroxylation is 1. The maximum atomic E-state index is 12.9. The van der Waals surface area contributed by atoms with Gasteiger partial charge in [0.2, 0.25) is 12.3 Å². The molecule has 1 atom stereocenters. The lowest BCUT2D eigenvalue weighted by atomic mass is 9.99. The Morgan fingerprint density at radius 1 is 0.971 bits per heavy atom. The average molecular weight is 476 g/mol. The number of rotatable bonds is 10. The minimum absolute atomic E-state index is 0.161. The molecule has 35 heavy (non-hydrogen) atoms. The lowest BCUT2D eigenvalue weighted by Gasteiger charge is -2.30. The van der Waals surface area contributed by atoms with Crippen molar-refractivity contribution >= 4 is 40.5 Å². The summed E-state index contributed by atoms with van der Waals surface area (Å²) in [6, 6.07) is 18.9. The molecule has 1 unspecified atom stereocenters. The van der Waals surface area contributed by atoms with Gasteiger partial charge in [-0.05, 0) is 54.9 Å². The molecule has 3 rings (SSSR count). The number of nitrogens with one attached hydrogen (secondary N) is 3. The van der Waals surface area contributed by atoms with Crippen molar-refractivity contribution in [1.29, 1.82) is 0 Å². The van der Waals surface area contributed by atoms with Gasteiger partial charge in [0.05, 0.1) is 24.5 Å². The van der Waals surface area contributed by atoms with Gasteiger partial charge in [0.1, 0.15) is 0 Å². The molecular weight excluding hydrogens is 442 g/mol. The third kappa shape index (κ3) is 6.16. The predicted molar refractivity (Wildman–Crippen MR) is 141 cm³/mol. The Morgan fingerprint density at radius 2 is 1.66 bits per heavy atom. The molecule has 4 amide bonds. The number of benzene rings is 3. The fourth-order valence-corrected chi connectivity index (χ4v) is 4.17. The summed E-state index contributed by atoms with van der Waals surface area (Å²) in [5.41, 5.74) is 3.31. The summed E-state index contributed by atoms with van der Waals surface area (Å²) in [6.07, 6.45) is 0.792. The van der Waals surface area contributed by atoms with Crippen LogP contribution >= 0.6 is 0 Å². The van der Waals surface area contributed by atoms with E-state index in [4.69, 9.17) is 0 Å². The van der Waals surface area contributed by atoms with Gasteiger partial charge in [0.25, 0.3) is 0 Å². The van der Waals surface area contributed by atoms with E-state index in [1.165, 1.54) is 0 Å². The first-order valence-electron chi connectivity index (χ1n) is 11.6. The number of para-hydroxylation sites is 2. The van der Waals surface area contributed by atoms with Crippen molar-refractivity contribution in [2.75, 3.05) is 37.0 Å². The van der Waals surface area contributed by atoms with Crippen molar-refractivity contribution in [3.63, 3.8) is 0 Å². The molecule has 3 aromatic rings. The zero-order valence-electron chi connectivity index (χ0n) is 20.7. The molecule has 8 nitrogen and oxygen atoms in total. The maximum absolute atomic E-state index is 12.9. The second-order valence-corrected chi connectivity index (χ2v) is 8.47. The summed E-state index contributed by atoms with van der Waals surface area (Å²) < 4.78 is 0. The Hall–Kier alpha value is -3.91. The zero-order chi connectivity index (χ0) is 25.4. The molecule has 0 spiro atoms. The quantitative estimate of drug-likeness (QED) is 0.393. The van der Waals surface area contributed by atoms with Crippen molar-refractivity contribution in [3.05, 3.63) is 71.8 Å². The first kappa shape index (κ1) is 25.7. The number of hydrogen-bond donors (Lipinski definition) is 3. The van der Waals surface area contributed by atoms with Crippen LogP contribution in [0.2, 0.25) is 0 Å². The molecule has 0 aliphatic rings. The molecule has 0 fully saturated rings. The van der Waals surface area contributed by atoms with Crippen molar-refractivity contribution < 1.29 is 14.4 Å². The molecule has 8 heteroatoms. The Kier molecular flexibility index (Phi) is 8.80. The van der Waals surface area contributed by atoms with Crippen LogP contribution < -0.4 is 25.8 Å². The van der Waals surface area contributed by atoms with Gasteiger partial charge < -0.3 is 20.9 Å². The minimum Gasteiger partial charge on any atom is -0.351 e. The average Bonchev–Trinajstić information content (AvgIpc) is 2.86. The van der Waals surface area contributed by atoms with Crippen molar-refractivity contribution in [2.24, 2.45) is 0 Å². The molecule has 0 radical (unpaired) electrons. The number of likely N-dealkylation sites (N-methyl/N-ethyl adjacent to an activating group) is 1. The lowest BCUT2D eigenvalue weighted by Crippen LogP contribution is -2.49. The van der Waals surface area contributed by atoms with E-state index in [0.717, 1.165) is 28.3 Å². The highest BCUT2D eigenvalue weighted by Gasteiger charge is 2.23. The van der Waals surface area contributed by atoms with Crippen LogP contribution in [0.5, 0.6) is 0 Å². The van der Waals surface area contributed by atoms with Crippen LogP contribution in [0.15, 0.2) is 60.7 Å². The maximum Gasteiger partial charge on any atom is 0.321 e. The molecule has 3 aromatic carbocycles. The predicted octanol–water partition coefficient (Wildman–Crippen LogP) is 3.18. The normalized spacial score (nSPS) is 11.5. The highest BCUT2D eigenvalue weighted by molar-refractivity contribution is 5.98. The van der Waals surface area contributed by atoms with Crippen LogP contribution in [0.4, 0.5) is 16.2 Å². The van der Waals surface area contributed by atoms with Gasteiger partial charge in [-0.25, -0.2) is 4.79 Å². The summed E-state index contributed by atoms with van der Waals surface area (Å²) in [7, 11) is 3.25. The van der Waals surface area contributed by atoms with Gasteiger partial charge in [-0.2, -0.15) is 0 Å². The molecule has 184 valence electrons. The van der Waals surface area contributed by atoms with Crippen molar-refractivity contribution in [1.82, 2.24) is 16.0 Å². The number of carbonyl (C=O) groups excluding carboxylic acids is 3. The number of anilines is 2. The second-order valence-electron chi connectivity index (χ2n) is 8.47. The Labute approximate surface area is 206 Å². The summed E-state index contributed by atoms with van der Waals surface area (Å²) in [4.78, 5) is 40.4. The van der Waals surface area contributed by atoms with Crippen molar-refractivity contribution in [3.8, 4) is 0 Å². The molecule has 0 bridgehead atoms. The van der Waals surface area contributed by atoms with Crippen LogP contribution in [0.25, 0.3) is 10.8 Å². The van der Waals surface area contributed by atoms with E-state index in [2.05, 4.69) is 40.2 Å². The second kappa shape index (κ2) is 12.0. The largest absolute Gasteiger partial charge is 0.351 e. The fraction of sp³-hybridized carbons (Fsp3) is 0.296. The van der Waals surface area contributed by atoms with E-state index in [1.807, 2.05) is 44.2 Å². The first-order valence-corrected chi connectivity index (χ1v) is 11.6. The van der Waals surface area contributed by atoms with Gasteiger partial charge in [0, 0.05) is 19.6 Å². The van der Waals surface area contributed by atoms with E-state index < -0.39 is 0 Å². The van der Waals surface area contributed by atoms with E-state index in [1.54, 1.807) is 30.0 Å². The van der Waals surface area contributed by atoms with Crippen LogP contribution in [-0.2, 0) is 16.1 Å². The van der Waals surface area contributed by atoms with E-state index >= 15 is 0 Å². The number of urea groups is 1. The summed E-state index contributed by atoms with van der Waals surface area (Å²) >= 11 is 0. The van der Waals surface area contributed by atoms with Crippen LogP contribution in [0.1, 0.15) is 18.1 Å². The topological polar surface area (TPSA) is 93.8 Å². The fourth-order valence-electron chi connectivity index (χ4n) is 4.17. The van der Waals surface area contributed by atoms with Gasteiger partial charge in [-0.3, -0.25) is 14.5 Å². The van der Waals surface area contributed by atoms with Crippen LogP contribution in [-0.4, -0.2) is 51.6 Å². The highest BCUT2D eigenvalue weighted by atomic mass is 16.2. The summed E-state index contributed by atoms with van der Waals surface area (Å²) in [5, 5.41) is 10.6. The number of fused-ring (bicyclic) bond motifs is 1. The summed E-state index contributed by atoms with van der Waals surface area (Å²) in [5.74, 6) is -0.161. The zero-order valence-corrected chi connectivity index (χ0v) is 20.7. The summed E-state index contributed by atoms with van der Waals surface area (Å²) in [6.45, 7) is 4.63. The molecule has 0 heterocycles. The smallest absolute Gasteiger partial charge is 0.321 e. The number of amides is 4. The van der Waals surface area contributed by atoms with Gasteiger partial charge in [-0.1, -0.05) is 48.5 Å². The Balaban J connectivity index is 1.97. The van der Waals surface area contributed by atoms with E-state index in [9.17, 15) is 14.4 Å². The minimum atomic E-state index is -0.334.